The average Bonchev–Trinajstić information content (AvgIpc) is 3.14. The fourth-order valence-corrected chi connectivity index (χ4v) is 3.05. The van der Waals surface area contributed by atoms with Crippen molar-refractivity contribution in [3.8, 4) is 0 Å². The molecule has 0 saturated heterocycles. The van der Waals surface area contributed by atoms with Gasteiger partial charge in [0.25, 0.3) is 5.91 Å². The number of H-pyrrole nitrogens is 1. The number of aryl methyl sites for hydroxylation is 1. The molecule has 5 N–H and O–H groups in total. The molecule has 0 unspecified atom stereocenters. The van der Waals surface area contributed by atoms with Crippen LogP contribution in [0.15, 0.2) is 12.3 Å². The number of rotatable bonds is 7. The molecule has 1 aliphatic rings. The highest BCUT2D eigenvalue weighted by Crippen LogP contribution is 2.26. The molecular formula is C13H17N7O2S. The smallest absolute Gasteiger partial charge is 0.279 e. The van der Waals surface area contributed by atoms with Crippen molar-refractivity contribution < 1.29 is 9.59 Å². The summed E-state index contributed by atoms with van der Waals surface area (Å²) >= 11 is 1.14. The van der Waals surface area contributed by atoms with Gasteiger partial charge in [-0.05, 0) is 25.3 Å². The number of aromatic nitrogens is 4. The zero-order valence-electron chi connectivity index (χ0n) is 12.3. The van der Waals surface area contributed by atoms with Gasteiger partial charge < -0.3 is 16.4 Å². The Morgan fingerprint density at radius 2 is 2.17 bits per heavy atom. The molecule has 0 radical (unpaired) electrons. The molecule has 0 bridgehead atoms. The number of carbonyl (C=O) groups is 2. The lowest BCUT2D eigenvalue weighted by molar-refractivity contribution is -0.122. The van der Waals surface area contributed by atoms with E-state index >= 15 is 0 Å². The number of nitrogens with two attached hydrogens (primary N) is 1. The maximum Gasteiger partial charge on any atom is 0.279 e. The standard InChI is InChI=1S/C13H17N7O2S/c14-11(22)12-19-20-13(23-12)17-9-5-8(6-9)16-10(21)2-1-7-3-4-15-18-7/h3-4,8-9H,1-2,5-6H2,(H2,14,22)(H,15,18)(H,16,21)(H,17,20). The third kappa shape index (κ3) is 4.03. The van der Waals surface area contributed by atoms with Gasteiger partial charge in [-0.25, -0.2) is 0 Å². The second-order valence-electron chi connectivity index (χ2n) is 5.44. The van der Waals surface area contributed by atoms with Crippen molar-refractivity contribution >= 4 is 28.3 Å². The Kier molecular flexibility index (Phi) is 4.51. The predicted octanol–water partition coefficient (Wildman–Crippen LogP) is 0.0520. The van der Waals surface area contributed by atoms with Crippen LogP contribution in [0.5, 0.6) is 0 Å². The quantitative estimate of drug-likeness (QED) is 0.564. The average molecular weight is 335 g/mol. The molecular weight excluding hydrogens is 318 g/mol. The van der Waals surface area contributed by atoms with Gasteiger partial charge in [0.05, 0.1) is 0 Å². The van der Waals surface area contributed by atoms with Gasteiger partial charge in [0.2, 0.25) is 16.0 Å². The number of aromatic amines is 1. The summed E-state index contributed by atoms with van der Waals surface area (Å²) in [6, 6.07) is 2.26. The summed E-state index contributed by atoms with van der Waals surface area (Å²) in [5.74, 6) is -0.540. The number of primary amides is 1. The summed E-state index contributed by atoms with van der Waals surface area (Å²) in [6.45, 7) is 0. The van der Waals surface area contributed by atoms with Crippen LogP contribution in [0.1, 0.15) is 34.8 Å². The van der Waals surface area contributed by atoms with Crippen LogP contribution in [-0.4, -0.2) is 44.3 Å². The molecule has 122 valence electrons. The van der Waals surface area contributed by atoms with Gasteiger partial charge >= 0.3 is 0 Å². The summed E-state index contributed by atoms with van der Waals surface area (Å²) in [4.78, 5) is 22.8. The van der Waals surface area contributed by atoms with E-state index in [2.05, 4.69) is 31.0 Å². The number of nitrogens with zero attached hydrogens (tertiary/aromatic N) is 3. The highest BCUT2D eigenvalue weighted by molar-refractivity contribution is 7.17. The van der Waals surface area contributed by atoms with E-state index in [1.54, 1.807) is 6.20 Å². The number of nitrogens with one attached hydrogen (secondary N) is 3. The van der Waals surface area contributed by atoms with Crippen molar-refractivity contribution in [2.24, 2.45) is 5.73 Å². The highest BCUT2D eigenvalue weighted by atomic mass is 32.1. The maximum atomic E-state index is 11.8. The second kappa shape index (κ2) is 6.73. The zero-order chi connectivity index (χ0) is 16.2. The topological polar surface area (TPSA) is 139 Å². The number of carbonyl (C=O) groups excluding carboxylic acids is 2. The second-order valence-corrected chi connectivity index (χ2v) is 6.41. The SMILES string of the molecule is NC(=O)c1nnc(NC2CC(NC(=O)CCc3ccn[nH]3)C2)s1. The molecule has 0 aliphatic heterocycles. The fraction of sp³-hybridized carbons (Fsp3) is 0.462. The minimum Gasteiger partial charge on any atom is -0.363 e. The Balaban J connectivity index is 1.35. The molecule has 0 atom stereocenters. The van der Waals surface area contributed by atoms with Gasteiger partial charge in [-0.3, -0.25) is 14.7 Å². The third-order valence-electron chi connectivity index (χ3n) is 3.65. The molecule has 3 rings (SSSR count). The van der Waals surface area contributed by atoms with E-state index in [4.69, 9.17) is 5.73 Å². The number of hydrogen-bond acceptors (Lipinski definition) is 7. The summed E-state index contributed by atoms with van der Waals surface area (Å²) in [5.41, 5.74) is 6.09. The van der Waals surface area contributed by atoms with Gasteiger partial charge in [0, 0.05) is 30.4 Å². The van der Waals surface area contributed by atoms with E-state index in [1.807, 2.05) is 6.07 Å². The molecule has 1 saturated carbocycles. The molecule has 0 spiro atoms. The van der Waals surface area contributed by atoms with Crippen LogP contribution in [0.4, 0.5) is 5.13 Å². The largest absolute Gasteiger partial charge is 0.363 e. The van der Waals surface area contributed by atoms with Crippen molar-refractivity contribution in [2.75, 3.05) is 5.32 Å². The minimum atomic E-state index is -0.577. The van der Waals surface area contributed by atoms with Gasteiger partial charge in [-0.2, -0.15) is 5.10 Å². The first kappa shape index (κ1) is 15.4. The van der Waals surface area contributed by atoms with Crippen LogP contribution in [-0.2, 0) is 11.2 Å². The first-order chi connectivity index (χ1) is 11.1. The van der Waals surface area contributed by atoms with E-state index < -0.39 is 5.91 Å². The van der Waals surface area contributed by atoms with Crippen LogP contribution in [0.25, 0.3) is 0 Å². The summed E-state index contributed by atoms with van der Waals surface area (Å²) < 4.78 is 0. The van der Waals surface area contributed by atoms with Gasteiger partial charge in [0.15, 0.2) is 0 Å². The van der Waals surface area contributed by atoms with E-state index in [-0.39, 0.29) is 23.0 Å². The predicted molar refractivity (Wildman–Crippen MR) is 83.9 cm³/mol. The first-order valence-corrected chi connectivity index (χ1v) is 8.09. The number of amides is 2. The van der Waals surface area contributed by atoms with Gasteiger partial charge in [-0.15, -0.1) is 10.2 Å². The van der Waals surface area contributed by atoms with Crippen LogP contribution in [0.3, 0.4) is 0 Å². The molecule has 2 heterocycles. The van der Waals surface area contributed by atoms with Crippen LogP contribution < -0.4 is 16.4 Å². The summed E-state index contributed by atoms with van der Waals surface area (Å²) in [6.07, 6.45) is 4.41. The fourth-order valence-electron chi connectivity index (χ4n) is 2.38. The van der Waals surface area contributed by atoms with E-state index in [0.29, 0.717) is 18.0 Å². The zero-order valence-corrected chi connectivity index (χ0v) is 13.1. The lowest BCUT2D eigenvalue weighted by Crippen LogP contribution is -2.49. The van der Waals surface area contributed by atoms with E-state index in [0.717, 1.165) is 29.9 Å². The van der Waals surface area contributed by atoms with Crippen molar-refractivity contribution in [2.45, 2.75) is 37.8 Å². The molecule has 2 aromatic rings. The van der Waals surface area contributed by atoms with Crippen molar-refractivity contribution in [3.63, 3.8) is 0 Å². The van der Waals surface area contributed by atoms with Gasteiger partial charge in [0.1, 0.15) is 0 Å². The normalized spacial score (nSPS) is 19.8. The van der Waals surface area contributed by atoms with Crippen LogP contribution in [0, 0.1) is 0 Å². The molecule has 23 heavy (non-hydrogen) atoms. The monoisotopic (exact) mass is 335 g/mol. The van der Waals surface area contributed by atoms with Crippen LogP contribution >= 0.6 is 11.3 Å². The lowest BCUT2D eigenvalue weighted by atomic mass is 9.87. The number of hydrogen-bond donors (Lipinski definition) is 4. The lowest BCUT2D eigenvalue weighted by Gasteiger charge is -2.36. The van der Waals surface area contributed by atoms with Gasteiger partial charge in [-0.1, -0.05) is 11.3 Å². The Labute approximate surface area is 136 Å². The molecule has 9 nitrogen and oxygen atoms in total. The maximum absolute atomic E-state index is 11.8. The molecule has 2 amide bonds. The molecule has 2 aromatic heterocycles. The Morgan fingerprint density at radius 1 is 1.35 bits per heavy atom. The summed E-state index contributed by atoms with van der Waals surface area (Å²) in [5, 5.41) is 21.2. The Morgan fingerprint density at radius 3 is 2.83 bits per heavy atom. The van der Waals surface area contributed by atoms with Crippen molar-refractivity contribution in [1.82, 2.24) is 25.7 Å². The van der Waals surface area contributed by atoms with Crippen molar-refractivity contribution in [1.29, 1.82) is 0 Å². The molecule has 10 heteroatoms. The molecule has 0 aromatic carbocycles. The molecule has 1 fully saturated rings. The number of anilines is 1. The minimum absolute atomic E-state index is 0.0370. The van der Waals surface area contributed by atoms with E-state index in [1.165, 1.54) is 0 Å². The highest BCUT2D eigenvalue weighted by Gasteiger charge is 2.30. The van der Waals surface area contributed by atoms with Crippen molar-refractivity contribution in [3.05, 3.63) is 23.0 Å². The van der Waals surface area contributed by atoms with E-state index in [9.17, 15) is 9.59 Å². The third-order valence-corrected chi connectivity index (χ3v) is 4.52. The first-order valence-electron chi connectivity index (χ1n) is 7.27. The molecule has 1 aliphatic carbocycles. The summed E-state index contributed by atoms with van der Waals surface area (Å²) in [7, 11) is 0. The van der Waals surface area contributed by atoms with Crippen LogP contribution in [0.2, 0.25) is 0 Å². The Bertz CT molecular complexity index is 678. The Hall–Kier alpha value is -2.49.